The Balaban J connectivity index is 1.41. The minimum absolute atomic E-state index is 0.103. The third-order valence-corrected chi connectivity index (χ3v) is 11.7. The molecule has 6 rings (SSSR count). The van der Waals surface area contributed by atoms with Gasteiger partial charge in [0.1, 0.15) is 18.1 Å². The summed E-state index contributed by atoms with van der Waals surface area (Å²) in [6.45, 7) is 17.9. The highest BCUT2D eigenvalue weighted by Crippen LogP contribution is 2.48. The Morgan fingerprint density at radius 2 is 1.63 bits per heavy atom. The van der Waals surface area contributed by atoms with E-state index in [1.165, 1.54) is 75.4 Å². The van der Waals surface area contributed by atoms with E-state index >= 15 is 0 Å². The average molecular weight is 723 g/mol. The molecule has 0 saturated carbocycles. The fourth-order valence-electron chi connectivity index (χ4n) is 8.55. The lowest BCUT2D eigenvalue weighted by Crippen LogP contribution is -2.28. The van der Waals surface area contributed by atoms with E-state index in [2.05, 4.69) is 154 Å². The summed E-state index contributed by atoms with van der Waals surface area (Å²) in [5.74, 6) is 1.95. The van der Waals surface area contributed by atoms with Crippen molar-refractivity contribution in [3.63, 3.8) is 0 Å². The van der Waals surface area contributed by atoms with Gasteiger partial charge in [-0.05, 0) is 107 Å². The summed E-state index contributed by atoms with van der Waals surface area (Å²) in [6.07, 6.45) is 18.4. The summed E-state index contributed by atoms with van der Waals surface area (Å²) in [4.78, 5) is 14.6. The molecule has 0 bridgehead atoms. The maximum Gasteiger partial charge on any atom is 0.217 e. The predicted octanol–water partition coefficient (Wildman–Crippen LogP) is 10.4. The van der Waals surface area contributed by atoms with Crippen molar-refractivity contribution < 1.29 is 14.1 Å². The number of anilines is 1. The molecule has 1 aliphatic carbocycles. The molecule has 3 aromatic carbocycles. The summed E-state index contributed by atoms with van der Waals surface area (Å²) < 4.78 is 9.39. The Morgan fingerprint density at radius 1 is 0.870 bits per heavy atom. The number of hydrogen-bond donors (Lipinski definition) is 1. The molecular formula is C48H61BN3O2+. The zero-order chi connectivity index (χ0) is 38.5. The van der Waals surface area contributed by atoms with Crippen molar-refractivity contribution in [1.82, 2.24) is 5.23 Å². The average Bonchev–Trinajstić information content (AvgIpc) is 3.50. The lowest BCUT2D eigenvalue weighted by Gasteiger charge is -2.27. The number of nitrogens with zero attached hydrogens (tertiary/aromatic N) is 2. The molecule has 0 fully saturated rings. The zero-order valence-electron chi connectivity index (χ0n) is 34.1. The molecule has 0 unspecified atom stereocenters. The highest BCUT2D eigenvalue weighted by molar-refractivity contribution is 6.14. The largest absolute Gasteiger partial charge is 0.457 e. The van der Waals surface area contributed by atoms with Gasteiger partial charge in [0.05, 0.1) is 5.41 Å². The van der Waals surface area contributed by atoms with Gasteiger partial charge in [-0.2, -0.15) is 4.58 Å². The van der Waals surface area contributed by atoms with Crippen LogP contribution < -0.4 is 14.9 Å². The highest BCUT2D eigenvalue weighted by atomic mass is 16.5. The lowest BCUT2D eigenvalue weighted by molar-refractivity contribution is -0.438. The van der Waals surface area contributed by atoms with Crippen LogP contribution in [-0.2, 0) is 15.6 Å². The van der Waals surface area contributed by atoms with E-state index < -0.39 is 0 Å². The van der Waals surface area contributed by atoms with E-state index in [4.69, 9.17) is 4.74 Å². The summed E-state index contributed by atoms with van der Waals surface area (Å²) >= 11 is 0. The number of unbranched alkanes of at least 4 members (excludes halogenated alkanes) is 3. The Kier molecular flexibility index (Phi) is 12.2. The van der Waals surface area contributed by atoms with Gasteiger partial charge in [-0.15, -0.1) is 0 Å². The standard InChI is InChI=1S/C48H60BN3O2/c1-8-9-13-31-52-42-28-23-35(3)33-40(42)48(6,7)44(52)30-25-37-17-15-16-36(46(37)54-38-26-21-34(2)22-27-38)24-29-43-47(4,5)39-18-10-11-19-41(39)51(43)32-14-12-20-45(53)50-49/h10-11,18-19,21-30,33H,8-9,12-17,20,31-32,49H2,1-7H3/p+1. The van der Waals surface area contributed by atoms with Crippen molar-refractivity contribution in [1.29, 1.82) is 0 Å². The number of hydrogen-bond acceptors (Lipinski definition) is 3. The molecule has 1 amide bonds. The van der Waals surface area contributed by atoms with Crippen LogP contribution in [0.1, 0.15) is 115 Å². The van der Waals surface area contributed by atoms with Crippen molar-refractivity contribution in [2.75, 3.05) is 18.0 Å². The van der Waals surface area contributed by atoms with Crippen molar-refractivity contribution in [3.05, 3.63) is 136 Å². The van der Waals surface area contributed by atoms with E-state index in [0.717, 1.165) is 56.7 Å². The van der Waals surface area contributed by atoms with Crippen LogP contribution in [0, 0.1) is 13.8 Å². The molecular weight excluding hydrogens is 661 g/mol. The second-order valence-corrected chi connectivity index (χ2v) is 16.5. The highest BCUT2D eigenvalue weighted by Gasteiger charge is 2.44. The second kappa shape index (κ2) is 16.8. The first kappa shape index (κ1) is 39.1. The third kappa shape index (κ3) is 8.23. The molecule has 54 heavy (non-hydrogen) atoms. The number of amides is 1. The summed E-state index contributed by atoms with van der Waals surface area (Å²) in [7, 11) is 1.71. The van der Waals surface area contributed by atoms with Crippen LogP contribution in [-0.4, -0.2) is 37.3 Å². The molecule has 0 radical (unpaired) electrons. The van der Waals surface area contributed by atoms with Gasteiger partial charge in [0, 0.05) is 53.9 Å². The van der Waals surface area contributed by atoms with Gasteiger partial charge in [0.2, 0.25) is 19.6 Å². The van der Waals surface area contributed by atoms with Crippen LogP contribution in [0.4, 0.5) is 11.4 Å². The SMILES string of the molecule is BNC(=O)CCCC[N+]1=C(/C=C/C2=C(Oc3ccc(C)cc3)C(=C/C=C3/N(CCCCC)c4ccc(C)cc4C3(C)C)/CCC2)C(C)(C)c2ccccc21. The maximum absolute atomic E-state index is 12.0. The van der Waals surface area contributed by atoms with E-state index in [-0.39, 0.29) is 16.7 Å². The number of carbonyl (C=O) groups excluding carboxylic acids is 1. The van der Waals surface area contributed by atoms with Crippen LogP contribution in [0.15, 0.2) is 114 Å². The minimum atomic E-state index is -0.160. The first-order valence-electron chi connectivity index (χ1n) is 20.4. The van der Waals surface area contributed by atoms with E-state index in [1.54, 1.807) is 7.98 Å². The smallest absolute Gasteiger partial charge is 0.217 e. The number of nitrogens with one attached hydrogen (secondary N) is 1. The molecule has 2 aliphatic heterocycles. The fraction of sp³-hybridized carbons (Fsp3) is 0.417. The Morgan fingerprint density at radius 3 is 2.39 bits per heavy atom. The van der Waals surface area contributed by atoms with Crippen molar-refractivity contribution in [2.45, 2.75) is 117 Å². The number of allylic oxidation sites excluding steroid dienone is 7. The second-order valence-electron chi connectivity index (χ2n) is 16.5. The number of carbonyl (C=O) groups is 1. The number of para-hydroxylation sites is 1. The van der Waals surface area contributed by atoms with Crippen molar-refractivity contribution in [3.8, 4) is 5.75 Å². The molecule has 0 atom stereocenters. The van der Waals surface area contributed by atoms with Crippen molar-refractivity contribution >= 4 is 31.0 Å². The summed E-state index contributed by atoms with van der Waals surface area (Å²) in [5, 5.41) is 2.77. The number of aryl methyl sites for hydroxylation is 2. The molecule has 3 aliphatic rings. The van der Waals surface area contributed by atoms with Gasteiger partial charge in [-0.3, -0.25) is 4.79 Å². The third-order valence-electron chi connectivity index (χ3n) is 11.7. The molecule has 6 heteroatoms. The van der Waals surface area contributed by atoms with Crippen LogP contribution in [0.2, 0.25) is 0 Å². The van der Waals surface area contributed by atoms with Crippen LogP contribution in [0.5, 0.6) is 5.75 Å². The van der Waals surface area contributed by atoms with Gasteiger partial charge in [-0.25, -0.2) is 0 Å². The number of fused-ring (bicyclic) bond motifs is 2. The molecule has 3 aromatic rings. The quantitative estimate of drug-likeness (QED) is 0.102. The van der Waals surface area contributed by atoms with E-state index in [9.17, 15) is 4.79 Å². The molecule has 282 valence electrons. The minimum Gasteiger partial charge on any atom is -0.457 e. The number of rotatable bonds is 14. The number of benzene rings is 3. The normalized spacial score (nSPS) is 18.9. The first-order chi connectivity index (χ1) is 25.9. The van der Waals surface area contributed by atoms with E-state index in [0.29, 0.717) is 6.42 Å². The Labute approximate surface area is 326 Å². The van der Waals surface area contributed by atoms with Crippen LogP contribution in [0.3, 0.4) is 0 Å². The number of ether oxygens (including phenoxy) is 1. The topological polar surface area (TPSA) is 44.6 Å². The monoisotopic (exact) mass is 722 g/mol. The predicted molar refractivity (Wildman–Crippen MR) is 229 cm³/mol. The summed E-state index contributed by atoms with van der Waals surface area (Å²) in [5.41, 5.74) is 12.8. The molecule has 0 spiro atoms. The molecule has 5 nitrogen and oxygen atoms in total. The van der Waals surface area contributed by atoms with Crippen molar-refractivity contribution in [2.24, 2.45) is 0 Å². The van der Waals surface area contributed by atoms with Crippen LogP contribution in [0.25, 0.3) is 0 Å². The Hall–Kier alpha value is -4.58. The zero-order valence-corrected chi connectivity index (χ0v) is 34.1. The molecule has 0 aromatic heterocycles. The van der Waals surface area contributed by atoms with Gasteiger partial charge in [0.25, 0.3) is 0 Å². The fourth-order valence-corrected chi connectivity index (χ4v) is 8.55. The van der Waals surface area contributed by atoms with E-state index in [1.807, 2.05) is 0 Å². The molecule has 2 heterocycles. The van der Waals surface area contributed by atoms with Gasteiger partial charge in [-0.1, -0.05) is 93.3 Å². The van der Waals surface area contributed by atoms with Crippen LogP contribution >= 0.6 is 0 Å². The molecule has 0 saturated heterocycles. The first-order valence-corrected chi connectivity index (χ1v) is 20.4. The lowest BCUT2D eigenvalue weighted by atomic mass is 9.81. The maximum atomic E-state index is 12.0. The molecule has 1 N–H and O–H groups in total. The van der Waals surface area contributed by atoms with Gasteiger partial charge < -0.3 is 14.9 Å². The van der Waals surface area contributed by atoms with Gasteiger partial charge in [0.15, 0.2) is 5.71 Å². The van der Waals surface area contributed by atoms with Gasteiger partial charge >= 0.3 is 0 Å². The summed E-state index contributed by atoms with van der Waals surface area (Å²) in [6, 6.07) is 24.2. The Bertz CT molecular complexity index is 2010.